The third kappa shape index (κ3) is 3.94. The molecule has 0 fully saturated rings. The number of benzene rings is 2. The van der Waals surface area contributed by atoms with Gasteiger partial charge in [0.1, 0.15) is 25.0 Å². The minimum atomic E-state index is -0.681. The van der Waals surface area contributed by atoms with Crippen LogP contribution >= 0.6 is 0 Å². The van der Waals surface area contributed by atoms with Crippen LogP contribution in [0.25, 0.3) is 0 Å². The van der Waals surface area contributed by atoms with E-state index in [1.54, 1.807) is 4.90 Å². The number of para-hydroxylation sites is 1. The fourth-order valence-electron chi connectivity index (χ4n) is 3.60. The summed E-state index contributed by atoms with van der Waals surface area (Å²) < 4.78 is 11.2. The Balaban J connectivity index is 1.54. The predicted octanol–water partition coefficient (Wildman–Crippen LogP) is 1.93. The number of ether oxygens (including phenoxy) is 2. The van der Waals surface area contributed by atoms with Crippen LogP contribution in [0.15, 0.2) is 53.6 Å². The summed E-state index contributed by atoms with van der Waals surface area (Å²) in [7, 11) is 0. The molecule has 2 aliphatic heterocycles. The molecule has 0 spiro atoms. The number of hydrogen-bond acceptors (Lipinski definition) is 6. The van der Waals surface area contributed by atoms with Crippen LogP contribution in [-0.2, 0) is 16.1 Å². The summed E-state index contributed by atoms with van der Waals surface area (Å²) in [5.41, 5.74) is 7.55. The average molecular weight is 408 g/mol. The van der Waals surface area contributed by atoms with E-state index in [0.29, 0.717) is 43.5 Å². The van der Waals surface area contributed by atoms with Crippen LogP contribution in [0.5, 0.6) is 11.5 Å². The zero-order valence-electron chi connectivity index (χ0n) is 16.8. The second kappa shape index (κ2) is 8.44. The summed E-state index contributed by atoms with van der Waals surface area (Å²) in [6.07, 6.45) is 0.181. The Kier molecular flexibility index (Phi) is 5.56. The van der Waals surface area contributed by atoms with Crippen molar-refractivity contribution in [3.63, 3.8) is 0 Å². The van der Waals surface area contributed by atoms with Crippen LogP contribution in [0.2, 0.25) is 0 Å². The van der Waals surface area contributed by atoms with Crippen molar-refractivity contribution >= 4 is 23.2 Å². The van der Waals surface area contributed by atoms with Crippen molar-refractivity contribution in [2.75, 3.05) is 24.8 Å². The first-order valence-corrected chi connectivity index (χ1v) is 9.95. The highest BCUT2D eigenvalue weighted by atomic mass is 16.6. The SMILES string of the molecule is CCN(Cc1ccc2c(c1)OCCO2)C(=O)C1=NN(c2ccccc2)[C@@H](C(N)=O)C1. The monoisotopic (exact) mass is 408 g/mol. The van der Waals surface area contributed by atoms with Gasteiger partial charge >= 0.3 is 0 Å². The number of carbonyl (C=O) groups is 2. The van der Waals surface area contributed by atoms with Crippen LogP contribution in [0.3, 0.4) is 0 Å². The van der Waals surface area contributed by atoms with Crippen molar-refractivity contribution in [2.24, 2.45) is 10.8 Å². The standard InChI is InChI=1S/C22H24N4O4/c1-2-25(14-15-8-9-19-20(12-15)30-11-10-29-19)22(28)17-13-18(21(23)27)26(24-17)16-6-4-3-5-7-16/h3-9,12,18H,2,10-11,13-14H2,1H3,(H2,23,27)/t18-/m1/s1. The molecule has 2 amide bonds. The Hall–Kier alpha value is -3.55. The number of primary amides is 1. The second-order valence-corrected chi connectivity index (χ2v) is 7.15. The van der Waals surface area contributed by atoms with E-state index in [1.807, 2.05) is 55.5 Å². The van der Waals surface area contributed by atoms with Gasteiger partial charge in [-0.05, 0) is 36.8 Å². The van der Waals surface area contributed by atoms with Gasteiger partial charge in [0.15, 0.2) is 11.5 Å². The molecule has 8 nitrogen and oxygen atoms in total. The van der Waals surface area contributed by atoms with Gasteiger partial charge < -0.3 is 20.1 Å². The maximum Gasteiger partial charge on any atom is 0.270 e. The lowest BCUT2D eigenvalue weighted by atomic mass is 10.1. The second-order valence-electron chi connectivity index (χ2n) is 7.15. The average Bonchev–Trinajstić information content (AvgIpc) is 3.23. The summed E-state index contributed by atoms with van der Waals surface area (Å²) in [6.45, 7) is 3.85. The molecule has 2 aliphatic rings. The summed E-state index contributed by atoms with van der Waals surface area (Å²) in [4.78, 5) is 26.8. The first-order valence-electron chi connectivity index (χ1n) is 9.95. The molecule has 0 saturated carbocycles. The Morgan fingerprint density at radius 3 is 2.57 bits per heavy atom. The quantitative estimate of drug-likeness (QED) is 0.788. The number of anilines is 1. The zero-order valence-corrected chi connectivity index (χ0v) is 16.8. The van der Waals surface area contributed by atoms with Gasteiger partial charge in [0.2, 0.25) is 5.91 Å². The number of hydrazone groups is 1. The number of amides is 2. The van der Waals surface area contributed by atoms with Crippen molar-refractivity contribution in [1.29, 1.82) is 0 Å². The van der Waals surface area contributed by atoms with Gasteiger partial charge in [-0.1, -0.05) is 24.3 Å². The van der Waals surface area contributed by atoms with E-state index in [1.165, 1.54) is 5.01 Å². The van der Waals surface area contributed by atoms with Crippen molar-refractivity contribution in [2.45, 2.75) is 25.9 Å². The lowest BCUT2D eigenvalue weighted by Crippen LogP contribution is -2.40. The maximum absolute atomic E-state index is 13.2. The summed E-state index contributed by atoms with van der Waals surface area (Å²) >= 11 is 0. The first kappa shape index (κ1) is 19.8. The molecular formula is C22H24N4O4. The number of rotatable bonds is 6. The summed E-state index contributed by atoms with van der Waals surface area (Å²) in [5, 5.41) is 5.99. The molecule has 0 unspecified atom stereocenters. The van der Waals surface area contributed by atoms with Crippen molar-refractivity contribution in [3.05, 3.63) is 54.1 Å². The van der Waals surface area contributed by atoms with Crippen molar-refractivity contribution in [1.82, 2.24) is 4.90 Å². The van der Waals surface area contributed by atoms with Gasteiger partial charge in [-0.2, -0.15) is 5.10 Å². The van der Waals surface area contributed by atoms with Crippen LogP contribution in [0.1, 0.15) is 18.9 Å². The van der Waals surface area contributed by atoms with Crippen LogP contribution in [-0.4, -0.2) is 48.2 Å². The highest BCUT2D eigenvalue weighted by molar-refractivity contribution is 6.40. The molecule has 0 saturated heterocycles. The van der Waals surface area contributed by atoms with Gasteiger partial charge in [-0.25, -0.2) is 0 Å². The van der Waals surface area contributed by atoms with Gasteiger partial charge in [0.05, 0.1) is 5.69 Å². The van der Waals surface area contributed by atoms with Crippen LogP contribution in [0.4, 0.5) is 5.69 Å². The van der Waals surface area contributed by atoms with E-state index in [0.717, 1.165) is 11.3 Å². The molecule has 4 rings (SSSR count). The lowest BCUT2D eigenvalue weighted by Gasteiger charge is -2.23. The highest BCUT2D eigenvalue weighted by Gasteiger charge is 2.36. The van der Waals surface area contributed by atoms with Gasteiger partial charge in [-0.3, -0.25) is 14.6 Å². The first-order chi connectivity index (χ1) is 14.6. The molecule has 0 bridgehead atoms. The fraction of sp³-hybridized carbons (Fsp3) is 0.318. The number of nitrogens with two attached hydrogens (primary N) is 1. The van der Waals surface area contributed by atoms with E-state index in [-0.39, 0.29) is 12.3 Å². The van der Waals surface area contributed by atoms with Crippen molar-refractivity contribution < 1.29 is 19.1 Å². The van der Waals surface area contributed by atoms with Gasteiger partial charge in [0.25, 0.3) is 5.91 Å². The van der Waals surface area contributed by atoms with Crippen LogP contribution < -0.4 is 20.2 Å². The Morgan fingerprint density at radius 1 is 1.13 bits per heavy atom. The predicted molar refractivity (Wildman–Crippen MR) is 112 cm³/mol. The lowest BCUT2D eigenvalue weighted by molar-refractivity contribution is -0.124. The molecule has 2 aromatic rings. The summed E-state index contributed by atoms with van der Waals surface area (Å²) in [5.74, 6) is 0.671. The number of hydrogen-bond donors (Lipinski definition) is 1. The minimum absolute atomic E-state index is 0.181. The summed E-state index contributed by atoms with van der Waals surface area (Å²) in [6, 6.07) is 14.2. The molecule has 0 radical (unpaired) electrons. The van der Waals surface area contributed by atoms with Gasteiger partial charge in [0, 0.05) is 19.5 Å². The minimum Gasteiger partial charge on any atom is -0.486 e. The van der Waals surface area contributed by atoms with E-state index in [9.17, 15) is 9.59 Å². The topological polar surface area (TPSA) is 97.5 Å². The van der Waals surface area contributed by atoms with Crippen LogP contribution in [0, 0.1) is 0 Å². The maximum atomic E-state index is 13.2. The Bertz CT molecular complexity index is 976. The number of fused-ring (bicyclic) bond motifs is 1. The number of nitrogens with zero attached hydrogens (tertiary/aromatic N) is 3. The van der Waals surface area contributed by atoms with Crippen molar-refractivity contribution in [3.8, 4) is 11.5 Å². The van der Waals surface area contributed by atoms with Gasteiger partial charge in [-0.15, -0.1) is 0 Å². The van der Waals surface area contributed by atoms with E-state index >= 15 is 0 Å². The molecule has 2 N–H and O–H groups in total. The van der Waals surface area contributed by atoms with E-state index < -0.39 is 11.9 Å². The molecule has 1 atom stereocenters. The third-order valence-electron chi connectivity index (χ3n) is 5.16. The molecule has 8 heteroatoms. The zero-order chi connectivity index (χ0) is 21.1. The Morgan fingerprint density at radius 2 is 1.87 bits per heavy atom. The Labute approximate surface area is 174 Å². The number of carbonyl (C=O) groups excluding carboxylic acids is 2. The molecule has 0 aromatic heterocycles. The van der Waals surface area contributed by atoms with E-state index in [2.05, 4.69) is 5.10 Å². The third-order valence-corrected chi connectivity index (χ3v) is 5.16. The smallest absolute Gasteiger partial charge is 0.270 e. The molecule has 2 heterocycles. The molecule has 156 valence electrons. The normalized spacial score (nSPS) is 17.4. The fourth-order valence-corrected chi connectivity index (χ4v) is 3.60. The molecule has 0 aliphatic carbocycles. The highest BCUT2D eigenvalue weighted by Crippen LogP contribution is 2.31. The van der Waals surface area contributed by atoms with E-state index in [4.69, 9.17) is 15.2 Å². The molecule has 30 heavy (non-hydrogen) atoms. The molecule has 2 aromatic carbocycles. The largest absolute Gasteiger partial charge is 0.486 e. The molecular weight excluding hydrogens is 384 g/mol.